The number of carboxylic acid groups (broad SMARTS) is 1. The van der Waals surface area contributed by atoms with Crippen LogP contribution in [0.2, 0.25) is 0 Å². The summed E-state index contributed by atoms with van der Waals surface area (Å²) in [7, 11) is 0. The molecule has 116 valence electrons. The Kier molecular flexibility index (Phi) is 7.15. The van der Waals surface area contributed by atoms with Gasteiger partial charge in [0.15, 0.2) is 0 Å². The Morgan fingerprint density at radius 1 is 1.30 bits per heavy atom. The Morgan fingerprint density at radius 3 is 2.45 bits per heavy atom. The summed E-state index contributed by atoms with van der Waals surface area (Å²) in [6.45, 7) is 0.275. The summed E-state index contributed by atoms with van der Waals surface area (Å²) in [5, 5.41) is 22.8. The molecular weight excluding hydrogens is 280 g/mol. The minimum absolute atomic E-state index is 0.0103. The first-order valence-electron chi connectivity index (χ1n) is 6.96. The maximum Gasteiger partial charge on any atom is 0.326 e. The highest BCUT2D eigenvalue weighted by Gasteiger charge is 2.31. The number of carbonyl (C=O) groups excluding carboxylic acids is 1. The molecule has 0 aromatic heterocycles. The third-order valence-corrected chi connectivity index (χ3v) is 5.21. The van der Waals surface area contributed by atoms with Gasteiger partial charge in [-0.25, -0.2) is 9.59 Å². The van der Waals surface area contributed by atoms with Gasteiger partial charge in [-0.05, 0) is 19.1 Å². The van der Waals surface area contributed by atoms with Crippen LogP contribution in [0, 0.1) is 0 Å². The second kappa shape index (κ2) is 8.36. The number of aliphatic hydroxyl groups is 1. The molecule has 0 heterocycles. The zero-order chi connectivity index (χ0) is 15.0. The number of aliphatic carboxylic acids is 1. The van der Waals surface area contributed by atoms with Crippen molar-refractivity contribution in [2.75, 3.05) is 19.4 Å². The van der Waals surface area contributed by atoms with Crippen LogP contribution in [0.4, 0.5) is 4.79 Å². The van der Waals surface area contributed by atoms with Gasteiger partial charge in [0.05, 0.1) is 0 Å². The molecule has 4 N–H and O–H groups in total. The van der Waals surface area contributed by atoms with Crippen LogP contribution in [0.15, 0.2) is 0 Å². The van der Waals surface area contributed by atoms with Crippen LogP contribution in [0.25, 0.3) is 0 Å². The molecule has 0 spiro atoms. The highest BCUT2D eigenvalue weighted by molar-refractivity contribution is 8.00. The normalized spacial score (nSPS) is 19.1. The third kappa shape index (κ3) is 5.20. The molecule has 0 aromatic carbocycles. The Labute approximate surface area is 123 Å². The molecule has 20 heavy (non-hydrogen) atoms. The number of rotatable bonds is 7. The van der Waals surface area contributed by atoms with E-state index in [-0.39, 0.29) is 17.8 Å². The van der Waals surface area contributed by atoms with Gasteiger partial charge in [0.1, 0.15) is 6.04 Å². The van der Waals surface area contributed by atoms with Crippen LogP contribution in [0.1, 0.15) is 38.5 Å². The second-order valence-corrected chi connectivity index (χ2v) is 6.45. The average Bonchev–Trinajstić information content (AvgIpc) is 2.45. The first-order chi connectivity index (χ1) is 9.53. The molecule has 1 fully saturated rings. The molecule has 2 amide bonds. The smallest absolute Gasteiger partial charge is 0.326 e. The molecule has 1 aliphatic rings. The van der Waals surface area contributed by atoms with E-state index in [2.05, 4.69) is 16.9 Å². The summed E-state index contributed by atoms with van der Waals surface area (Å²) in [5.41, 5.74) is 0. The quantitative estimate of drug-likeness (QED) is 0.566. The van der Waals surface area contributed by atoms with Gasteiger partial charge >= 0.3 is 12.0 Å². The number of nitrogens with one attached hydrogen (secondary N) is 2. The molecule has 0 bridgehead atoms. The molecule has 0 saturated heterocycles. The number of carbonyl (C=O) groups is 2. The number of hydrogen-bond acceptors (Lipinski definition) is 4. The van der Waals surface area contributed by atoms with Gasteiger partial charge in [-0.2, -0.15) is 11.8 Å². The SMILES string of the molecule is CSC1(CNC(=O)N[C@H](CCO)C(=O)O)CCCCC1. The van der Waals surface area contributed by atoms with Crippen molar-refractivity contribution in [3.63, 3.8) is 0 Å². The third-order valence-electron chi connectivity index (χ3n) is 3.79. The average molecular weight is 304 g/mol. The lowest BCUT2D eigenvalue weighted by molar-refractivity contribution is -0.139. The number of urea groups is 1. The Hall–Kier alpha value is -0.950. The van der Waals surface area contributed by atoms with Crippen molar-refractivity contribution in [3.05, 3.63) is 0 Å². The van der Waals surface area contributed by atoms with E-state index in [0.717, 1.165) is 12.8 Å². The van der Waals surface area contributed by atoms with Gasteiger partial charge in [0.25, 0.3) is 0 Å². The molecule has 0 radical (unpaired) electrons. The van der Waals surface area contributed by atoms with Crippen LogP contribution in [0.5, 0.6) is 0 Å². The number of hydrogen-bond donors (Lipinski definition) is 4. The summed E-state index contributed by atoms with van der Waals surface area (Å²) >= 11 is 1.77. The maximum absolute atomic E-state index is 11.8. The minimum Gasteiger partial charge on any atom is -0.480 e. The molecule has 0 aromatic rings. The van der Waals surface area contributed by atoms with Crippen molar-refractivity contribution in [1.82, 2.24) is 10.6 Å². The standard InChI is InChI=1S/C13H24N2O4S/c1-20-13(6-3-2-4-7-13)9-14-12(19)15-10(5-8-16)11(17)18/h10,16H,2-9H2,1H3,(H,17,18)(H2,14,15,19)/t10-/m1/s1. The fraction of sp³-hybridized carbons (Fsp3) is 0.846. The van der Waals surface area contributed by atoms with Crippen LogP contribution >= 0.6 is 11.8 Å². The first kappa shape index (κ1) is 17.1. The van der Waals surface area contributed by atoms with Crippen LogP contribution in [0.3, 0.4) is 0 Å². The largest absolute Gasteiger partial charge is 0.480 e. The monoisotopic (exact) mass is 304 g/mol. The summed E-state index contributed by atoms with van der Waals surface area (Å²) in [4.78, 5) is 22.6. The predicted molar refractivity (Wildman–Crippen MR) is 79.0 cm³/mol. The van der Waals surface area contributed by atoms with Gasteiger partial charge in [-0.3, -0.25) is 0 Å². The maximum atomic E-state index is 11.8. The Bertz CT molecular complexity index is 332. The van der Waals surface area contributed by atoms with E-state index in [0.29, 0.717) is 6.54 Å². The van der Waals surface area contributed by atoms with Crippen molar-refractivity contribution < 1.29 is 19.8 Å². The number of carboxylic acids is 1. The molecule has 1 aliphatic carbocycles. The fourth-order valence-corrected chi connectivity index (χ4v) is 3.40. The van der Waals surface area contributed by atoms with Crippen molar-refractivity contribution >= 4 is 23.8 Å². The van der Waals surface area contributed by atoms with E-state index in [1.165, 1.54) is 19.3 Å². The molecule has 0 aliphatic heterocycles. The number of aliphatic hydroxyl groups excluding tert-OH is 1. The lowest BCUT2D eigenvalue weighted by Gasteiger charge is -2.35. The van der Waals surface area contributed by atoms with Crippen molar-refractivity contribution in [2.45, 2.75) is 49.3 Å². The predicted octanol–water partition coefficient (Wildman–Crippen LogP) is 1.19. The summed E-state index contributed by atoms with van der Waals surface area (Å²) < 4.78 is 0.0747. The lowest BCUT2D eigenvalue weighted by atomic mass is 9.88. The fourth-order valence-electron chi connectivity index (χ4n) is 2.49. The molecule has 1 atom stereocenters. The zero-order valence-electron chi connectivity index (χ0n) is 11.9. The van der Waals surface area contributed by atoms with Gasteiger partial charge in [-0.15, -0.1) is 0 Å². The highest BCUT2D eigenvalue weighted by Crippen LogP contribution is 2.37. The van der Waals surface area contributed by atoms with Gasteiger partial charge in [0.2, 0.25) is 0 Å². The first-order valence-corrected chi connectivity index (χ1v) is 8.19. The number of thioether (sulfide) groups is 1. The molecular formula is C13H24N2O4S. The second-order valence-electron chi connectivity index (χ2n) is 5.18. The van der Waals surface area contributed by atoms with E-state index >= 15 is 0 Å². The van der Waals surface area contributed by atoms with Crippen molar-refractivity contribution in [1.29, 1.82) is 0 Å². The molecule has 1 rings (SSSR count). The Balaban J connectivity index is 2.43. The van der Waals surface area contributed by atoms with E-state index < -0.39 is 18.0 Å². The van der Waals surface area contributed by atoms with Gasteiger partial charge in [0, 0.05) is 24.3 Å². The minimum atomic E-state index is -1.13. The number of amides is 2. The molecule has 0 unspecified atom stereocenters. The van der Waals surface area contributed by atoms with E-state index in [1.54, 1.807) is 11.8 Å². The topological polar surface area (TPSA) is 98.7 Å². The zero-order valence-corrected chi connectivity index (χ0v) is 12.7. The van der Waals surface area contributed by atoms with Crippen molar-refractivity contribution in [3.8, 4) is 0 Å². The van der Waals surface area contributed by atoms with Gasteiger partial charge < -0.3 is 20.8 Å². The summed E-state index contributed by atoms with van der Waals surface area (Å²) in [6.07, 6.45) is 7.80. The van der Waals surface area contributed by atoms with Gasteiger partial charge in [-0.1, -0.05) is 19.3 Å². The van der Waals surface area contributed by atoms with E-state index in [4.69, 9.17) is 10.2 Å². The molecule has 6 nitrogen and oxygen atoms in total. The molecule has 1 saturated carbocycles. The lowest BCUT2D eigenvalue weighted by Crippen LogP contribution is -2.50. The highest BCUT2D eigenvalue weighted by atomic mass is 32.2. The summed E-state index contributed by atoms with van der Waals surface area (Å²) in [6, 6.07) is -1.53. The van der Waals surface area contributed by atoms with Crippen LogP contribution in [-0.2, 0) is 4.79 Å². The summed E-state index contributed by atoms with van der Waals surface area (Å²) in [5.74, 6) is -1.13. The Morgan fingerprint density at radius 2 is 1.95 bits per heavy atom. The van der Waals surface area contributed by atoms with Crippen LogP contribution in [-0.4, -0.2) is 52.4 Å². The van der Waals surface area contributed by atoms with Crippen LogP contribution < -0.4 is 10.6 Å². The van der Waals surface area contributed by atoms with E-state index in [9.17, 15) is 9.59 Å². The van der Waals surface area contributed by atoms with Crippen molar-refractivity contribution in [2.24, 2.45) is 0 Å². The molecule has 7 heteroatoms. The van der Waals surface area contributed by atoms with E-state index in [1.807, 2.05) is 0 Å².